The largest absolute Gasteiger partial charge is 0.365 e. The lowest BCUT2D eigenvalue weighted by atomic mass is 9.87. The predicted octanol–water partition coefficient (Wildman–Crippen LogP) is 7.23. The molecule has 3 amide bonds. The highest BCUT2D eigenvalue weighted by Crippen LogP contribution is 2.34. The van der Waals surface area contributed by atoms with Crippen molar-refractivity contribution in [2.45, 2.75) is 57.2 Å². The Labute approximate surface area is 361 Å². The molecular weight excluding hydrogens is 821 g/mol. The molecule has 308 valence electrons. The van der Waals surface area contributed by atoms with E-state index in [1.807, 2.05) is 61.5 Å². The lowest BCUT2D eigenvalue weighted by Gasteiger charge is -2.28. The number of nitrogens with zero attached hydrogens (tertiary/aromatic N) is 3. The van der Waals surface area contributed by atoms with E-state index in [4.69, 9.17) is 68.2 Å². The van der Waals surface area contributed by atoms with Gasteiger partial charge in [-0.2, -0.15) is 0 Å². The van der Waals surface area contributed by atoms with Crippen LogP contribution in [0, 0.1) is 16.2 Å². The molecule has 8 rings (SSSR count). The molecule has 0 bridgehead atoms. The molecule has 3 unspecified atom stereocenters. The summed E-state index contributed by atoms with van der Waals surface area (Å²) >= 11 is 18.1. The van der Waals surface area contributed by atoms with Crippen LogP contribution >= 0.6 is 34.8 Å². The predicted molar refractivity (Wildman–Crippen MR) is 232 cm³/mol. The van der Waals surface area contributed by atoms with E-state index in [1.54, 1.807) is 32.3 Å². The summed E-state index contributed by atoms with van der Waals surface area (Å²) in [5.74, 6) is -1.90. The second-order valence-electron chi connectivity index (χ2n) is 14.5. The number of nitrogens with one attached hydrogen (secondary N) is 3. The Morgan fingerprint density at radius 2 is 1.00 bits per heavy atom. The number of carbonyl (C=O) groups is 3. The Balaban J connectivity index is 0.000000151. The van der Waals surface area contributed by atoms with Gasteiger partial charge in [0.15, 0.2) is 0 Å². The van der Waals surface area contributed by atoms with E-state index >= 15 is 0 Å². The van der Waals surface area contributed by atoms with Crippen molar-refractivity contribution in [1.29, 1.82) is 16.2 Å². The summed E-state index contributed by atoms with van der Waals surface area (Å²) in [6.07, 6.45) is 9.92. The van der Waals surface area contributed by atoms with E-state index < -0.39 is 17.7 Å². The molecule has 0 saturated carbocycles. The molecule has 0 fully saturated rings. The van der Waals surface area contributed by atoms with Crippen LogP contribution in [0.5, 0.6) is 0 Å². The molecule has 0 saturated heterocycles. The quantitative estimate of drug-likeness (QED) is 0.0981. The highest BCUT2D eigenvalue weighted by Gasteiger charge is 2.26. The summed E-state index contributed by atoms with van der Waals surface area (Å²) in [5.41, 5.74) is 22.6. The summed E-state index contributed by atoms with van der Waals surface area (Å²) < 4.78 is 5.15. The molecule has 12 nitrogen and oxygen atoms in total. The van der Waals surface area contributed by atoms with Crippen LogP contribution in [0.3, 0.4) is 0 Å². The van der Waals surface area contributed by atoms with Gasteiger partial charge in [-0.3, -0.25) is 30.6 Å². The topological polar surface area (TPSA) is 216 Å². The third-order valence-electron chi connectivity index (χ3n) is 10.8. The minimum absolute atomic E-state index is 0.0271. The zero-order valence-electron chi connectivity index (χ0n) is 32.7. The third kappa shape index (κ3) is 9.47. The SMILES string of the molecule is CC(c1ccccc1)n1cc(Cl)cc(C(N)=O)c1=N.N=c1c(C(N)=O)cc(Cl)cn1C1CCCc2ccccc21.N=c1c(C(N)=O)cc(Cl)cn1C1CCc2ccccc21. The monoisotopic (exact) mass is 863 g/mol. The average Bonchev–Trinajstić information content (AvgIpc) is 3.67. The molecule has 60 heavy (non-hydrogen) atoms. The minimum Gasteiger partial charge on any atom is -0.365 e. The Hall–Kier alpha value is -6.21. The minimum atomic E-state index is -0.651. The van der Waals surface area contributed by atoms with Crippen LogP contribution in [0.4, 0.5) is 0 Å². The van der Waals surface area contributed by atoms with Crippen molar-refractivity contribution in [3.05, 3.63) is 192 Å². The first kappa shape index (κ1) is 43.4. The normalized spacial score (nSPS) is 15.5. The number of primary amides is 3. The number of hydrogen-bond donors (Lipinski definition) is 6. The van der Waals surface area contributed by atoms with Crippen LogP contribution in [0.2, 0.25) is 15.1 Å². The van der Waals surface area contributed by atoms with Gasteiger partial charge in [0.25, 0.3) is 17.7 Å². The fourth-order valence-electron chi connectivity index (χ4n) is 7.83. The van der Waals surface area contributed by atoms with E-state index in [9.17, 15) is 14.4 Å². The molecule has 2 aliphatic carbocycles. The van der Waals surface area contributed by atoms with Gasteiger partial charge < -0.3 is 30.9 Å². The summed E-state index contributed by atoms with van der Waals surface area (Å²) in [5, 5.41) is 25.7. The Kier molecular flexibility index (Phi) is 13.6. The van der Waals surface area contributed by atoms with Gasteiger partial charge in [0, 0.05) is 18.6 Å². The van der Waals surface area contributed by atoms with Gasteiger partial charge in [-0.25, -0.2) is 0 Å². The zero-order chi connectivity index (χ0) is 43.2. The molecule has 3 atom stereocenters. The van der Waals surface area contributed by atoms with Gasteiger partial charge in [0.1, 0.15) is 16.5 Å². The number of amides is 3. The Morgan fingerprint density at radius 1 is 0.583 bits per heavy atom. The molecule has 15 heteroatoms. The number of aromatic nitrogens is 3. The summed E-state index contributed by atoms with van der Waals surface area (Å²) in [4.78, 5) is 34.2. The van der Waals surface area contributed by atoms with Crippen molar-refractivity contribution in [2.24, 2.45) is 17.2 Å². The van der Waals surface area contributed by atoms with Crippen LogP contribution in [0.1, 0.15) is 103 Å². The van der Waals surface area contributed by atoms with Gasteiger partial charge in [0.2, 0.25) is 0 Å². The van der Waals surface area contributed by atoms with Gasteiger partial charge in [-0.15, -0.1) is 0 Å². The summed E-state index contributed by atoms with van der Waals surface area (Å²) in [7, 11) is 0. The molecule has 2 aliphatic rings. The lowest BCUT2D eigenvalue weighted by molar-refractivity contribution is 0.0989. The standard InChI is InChI=1S/C16H16ClN3O.C15H14ClN3O.C14H14ClN3O/c17-11-8-13(16(19)21)15(18)20(9-11)14-7-3-5-10-4-1-2-6-12(10)14;16-10-7-12(15(18)20)14(17)19(8-10)13-6-5-9-3-1-2-4-11(9)13;1-9(10-5-3-2-4-6-10)18-8-11(15)7-12(13(18)16)14(17)19/h1-2,4,6,8-9,14,18H,3,5,7H2,(H2,19,21);1-4,7-8,13,17H,5-6H2,(H2,18,20);2-9,16H,1H3,(H2,17,19). The number of aryl methyl sites for hydroxylation is 2. The van der Waals surface area contributed by atoms with Gasteiger partial charge in [-0.05, 0) is 85.0 Å². The van der Waals surface area contributed by atoms with Crippen molar-refractivity contribution in [3.8, 4) is 0 Å². The first-order chi connectivity index (χ1) is 28.7. The van der Waals surface area contributed by atoms with E-state index in [1.165, 1.54) is 40.5 Å². The molecular formula is C45H44Cl3N9O3. The number of nitrogens with two attached hydrogens (primary N) is 3. The second kappa shape index (κ2) is 18.8. The number of rotatable bonds is 7. The van der Waals surface area contributed by atoms with Crippen molar-refractivity contribution >= 4 is 52.5 Å². The second-order valence-corrected chi connectivity index (χ2v) is 15.8. The molecule has 0 aliphatic heterocycles. The van der Waals surface area contributed by atoms with Gasteiger partial charge in [0.05, 0.1) is 49.9 Å². The Bertz CT molecular complexity index is 2780. The number of hydrogen-bond acceptors (Lipinski definition) is 6. The molecule has 3 aromatic carbocycles. The van der Waals surface area contributed by atoms with Gasteiger partial charge >= 0.3 is 0 Å². The van der Waals surface area contributed by atoms with Crippen LogP contribution in [0.25, 0.3) is 0 Å². The first-order valence-corrected chi connectivity index (χ1v) is 20.3. The molecule has 0 radical (unpaired) electrons. The van der Waals surface area contributed by atoms with E-state index in [-0.39, 0.29) is 51.3 Å². The zero-order valence-corrected chi connectivity index (χ0v) is 34.9. The van der Waals surface area contributed by atoms with E-state index in [0.717, 1.165) is 37.7 Å². The maximum Gasteiger partial charge on any atom is 0.252 e. The van der Waals surface area contributed by atoms with Gasteiger partial charge in [-0.1, -0.05) is 114 Å². The maximum absolute atomic E-state index is 11.5. The first-order valence-electron chi connectivity index (χ1n) is 19.1. The molecule has 3 heterocycles. The number of fused-ring (bicyclic) bond motifs is 2. The highest BCUT2D eigenvalue weighted by molar-refractivity contribution is 6.31. The van der Waals surface area contributed by atoms with Crippen molar-refractivity contribution < 1.29 is 14.4 Å². The fourth-order valence-corrected chi connectivity index (χ4v) is 8.48. The maximum atomic E-state index is 11.5. The molecule has 9 N–H and O–H groups in total. The number of pyridine rings is 3. The number of carbonyl (C=O) groups excluding carboxylic acids is 3. The third-order valence-corrected chi connectivity index (χ3v) is 11.4. The lowest BCUT2D eigenvalue weighted by Crippen LogP contribution is -2.33. The summed E-state index contributed by atoms with van der Waals surface area (Å²) in [6, 6.07) is 30.4. The molecule has 0 spiro atoms. The van der Waals surface area contributed by atoms with Crippen LogP contribution in [0.15, 0.2) is 116 Å². The molecule has 6 aromatic rings. The Morgan fingerprint density at radius 3 is 1.50 bits per heavy atom. The number of benzene rings is 3. The average molecular weight is 865 g/mol. The van der Waals surface area contributed by atoms with E-state index in [0.29, 0.717) is 15.1 Å². The van der Waals surface area contributed by atoms with Crippen LogP contribution in [-0.2, 0) is 12.8 Å². The van der Waals surface area contributed by atoms with Crippen LogP contribution in [-0.4, -0.2) is 31.4 Å². The van der Waals surface area contributed by atoms with Crippen LogP contribution < -0.4 is 33.7 Å². The highest BCUT2D eigenvalue weighted by atomic mass is 35.5. The fraction of sp³-hybridized carbons (Fsp3) is 0.200. The molecule has 3 aromatic heterocycles. The van der Waals surface area contributed by atoms with Crippen molar-refractivity contribution in [1.82, 2.24) is 13.7 Å². The summed E-state index contributed by atoms with van der Waals surface area (Å²) in [6.45, 7) is 1.94. The van der Waals surface area contributed by atoms with E-state index in [2.05, 4.69) is 24.3 Å². The number of halogens is 3. The van der Waals surface area contributed by atoms with Crippen molar-refractivity contribution in [2.75, 3.05) is 0 Å². The van der Waals surface area contributed by atoms with Crippen molar-refractivity contribution in [3.63, 3.8) is 0 Å². The smallest absolute Gasteiger partial charge is 0.252 e.